The highest BCUT2D eigenvalue weighted by molar-refractivity contribution is 6.22. The lowest BCUT2D eigenvalue weighted by atomic mass is 9.76. The first-order valence-corrected chi connectivity index (χ1v) is 55.6. The highest BCUT2D eigenvalue weighted by Crippen LogP contribution is 2.50. The van der Waals surface area contributed by atoms with Crippen molar-refractivity contribution in [1.29, 1.82) is 0 Å². The Morgan fingerprint density at radius 1 is 0.373 bits per heavy atom. The molecule has 142 heavy (non-hydrogen) atoms. The van der Waals surface area contributed by atoms with Gasteiger partial charge in [0.05, 0.1) is 88.5 Å². The zero-order valence-electron chi connectivity index (χ0n) is 86.7. The number of ether oxygens (including phenoxy) is 6. The monoisotopic (exact) mass is 2060 g/mol. The van der Waals surface area contributed by atoms with Gasteiger partial charge < -0.3 is 79.5 Å². The van der Waals surface area contributed by atoms with E-state index in [1.807, 2.05) is 48.5 Å². The molecule has 6 aliphatic rings. The van der Waals surface area contributed by atoms with E-state index in [4.69, 9.17) is 85.0 Å². The molecule has 0 spiro atoms. The molecule has 800 valence electrons. The Hall–Kier alpha value is -5.68. The maximum absolute atomic E-state index is 12.0. The maximum Gasteiger partial charge on any atom is 0.305 e. The summed E-state index contributed by atoms with van der Waals surface area (Å²) in [6, 6.07) is 32.8. The van der Waals surface area contributed by atoms with Crippen molar-refractivity contribution in [1.82, 2.24) is 9.80 Å². The second kappa shape index (κ2) is 68.8. The molecular formula is C116H178Cl4N2O20. The summed E-state index contributed by atoms with van der Waals surface area (Å²) in [4.78, 5) is 51.5. The summed E-state index contributed by atoms with van der Waals surface area (Å²) < 4.78 is 31.1. The second-order valence-electron chi connectivity index (χ2n) is 41.0. The average Bonchev–Trinajstić information content (AvgIpc) is 1.50. The van der Waals surface area contributed by atoms with Crippen molar-refractivity contribution in [3.05, 3.63) is 190 Å². The van der Waals surface area contributed by atoms with Crippen molar-refractivity contribution in [3.63, 3.8) is 0 Å². The SMILES string of the molecule is CCCCC(O)c1cccc([C@@H]2[C@@H](C/C=C\CCCC(=O)OCCN3CCOCC3)[C@H](Cl)C[C@H]2O)c1.CCCCC(O)c1cccc([C@@H]2[C@@H](C/C=C\CCCC(=O)OCCO)[C@H](Cl)C[C@H]2O)c1.CCCCCC(O)C(C)(C)c1ccc([C@@H]2[C@@H](C/C=C\CCCC(=O)OCCN3CCOCC3)[C@H](Cl)C[C@H]2O)cc1.CCCCCC(O)C(C)(C)c1ccc([C@@H]2[C@@H](C/C=C\CCCC(=O)OCCO)[C@H](Cl)C[C@H]2O)cc1. The van der Waals surface area contributed by atoms with Crippen LogP contribution in [0.5, 0.6) is 0 Å². The van der Waals surface area contributed by atoms with Crippen LogP contribution in [0.4, 0.5) is 0 Å². The van der Waals surface area contributed by atoms with Crippen molar-refractivity contribution in [2.24, 2.45) is 23.7 Å². The van der Waals surface area contributed by atoms with Gasteiger partial charge in [-0.25, -0.2) is 0 Å². The van der Waals surface area contributed by atoms with Crippen LogP contribution in [0.15, 0.2) is 146 Å². The quantitative estimate of drug-likeness (QED) is 0.00645. The van der Waals surface area contributed by atoms with Gasteiger partial charge in [0, 0.05) is 121 Å². The lowest BCUT2D eigenvalue weighted by Gasteiger charge is -2.32. The first kappa shape index (κ1) is 123. The number of halogens is 4. The van der Waals surface area contributed by atoms with E-state index in [1.54, 1.807) is 0 Å². The first-order chi connectivity index (χ1) is 68.4. The fraction of sp³-hybridized carbons (Fsp3) is 0.690. The number of aliphatic hydroxyl groups is 10. The van der Waals surface area contributed by atoms with Crippen molar-refractivity contribution >= 4 is 70.3 Å². The van der Waals surface area contributed by atoms with Crippen LogP contribution in [0.25, 0.3) is 0 Å². The highest BCUT2D eigenvalue weighted by Gasteiger charge is 2.46. The van der Waals surface area contributed by atoms with E-state index >= 15 is 0 Å². The molecule has 0 amide bonds. The molecule has 6 fully saturated rings. The van der Waals surface area contributed by atoms with Crippen molar-refractivity contribution in [2.75, 3.05) is 105 Å². The van der Waals surface area contributed by atoms with Crippen molar-refractivity contribution in [2.45, 2.75) is 379 Å². The molecule has 4 unspecified atom stereocenters. The minimum absolute atomic E-state index is 0.0137. The summed E-state index contributed by atoms with van der Waals surface area (Å²) in [5.74, 6) is -0.461. The maximum atomic E-state index is 12.0. The first-order valence-electron chi connectivity index (χ1n) is 53.9. The number of allylic oxidation sites excluding steroid dienone is 8. The fourth-order valence-corrected chi connectivity index (χ4v) is 22.5. The predicted octanol–water partition coefficient (Wildman–Crippen LogP) is 21.2. The normalized spacial score (nSPS) is 24.8. The smallest absolute Gasteiger partial charge is 0.305 e. The lowest BCUT2D eigenvalue weighted by molar-refractivity contribution is -0.145. The molecular weight excluding hydrogens is 1880 g/mol. The Kier molecular flexibility index (Phi) is 59.7. The number of hydrogen-bond donors (Lipinski definition) is 10. The second-order valence-corrected chi connectivity index (χ2v) is 43.3. The van der Waals surface area contributed by atoms with Gasteiger partial charge in [0.15, 0.2) is 0 Å². The van der Waals surface area contributed by atoms with Gasteiger partial charge in [-0.1, -0.05) is 265 Å². The van der Waals surface area contributed by atoms with Crippen LogP contribution in [-0.4, -0.2) is 248 Å². The molecule has 22 nitrogen and oxygen atoms in total. The molecule has 26 heteroatoms. The summed E-state index contributed by atoms with van der Waals surface area (Å²) in [6.07, 6.45) is 40.0. The average molecular weight is 2060 g/mol. The van der Waals surface area contributed by atoms with E-state index in [1.165, 1.54) is 0 Å². The van der Waals surface area contributed by atoms with Gasteiger partial charge in [-0.3, -0.25) is 29.0 Å². The number of carbonyl (C=O) groups excluding carboxylic acids is 4. The van der Waals surface area contributed by atoms with E-state index in [-0.39, 0.29) is 136 Å². The molecule has 4 saturated carbocycles. The number of aliphatic hydroxyl groups excluding tert-OH is 10. The van der Waals surface area contributed by atoms with E-state index in [2.05, 4.69) is 162 Å². The van der Waals surface area contributed by atoms with Crippen LogP contribution >= 0.6 is 46.4 Å². The molecule has 4 aliphatic carbocycles. The molecule has 10 N–H and O–H groups in total. The Balaban J connectivity index is 0.000000258. The number of hydrogen-bond acceptors (Lipinski definition) is 22. The molecule has 2 saturated heterocycles. The number of rotatable bonds is 58. The summed E-state index contributed by atoms with van der Waals surface area (Å²) in [5.41, 5.74) is 7.66. The number of benzene rings is 4. The van der Waals surface area contributed by atoms with Crippen molar-refractivity contribution < 1.29 is 98.7 Å². The van der Waals surface area contributed by atoms with Gasteiger partial charge in [0.1, 0.15) is 26.4 Å². The molecule has 4 aromatic rings. The van der Waals surface area contributed by atoms with Crippen LogP contribution in [0.2, 0.25) is 0 Å². The van der Waals surface area contributed by atoms with Gasteiger partial charge in [-0.05, 0) is 197 Å². The fourth-order valence-electron chi connectivity index (χ4n) is 20.7. The van der Waals surface area contributed by atoms with E-state index in [0.717, 1.165) is 264 Å². The van der Waals surface area contributed by atoms with Crippen LogP contribution in [0, 0.1) is 23.7 Å². The Labute approximate surface area is 870 Å². The largest absolute Gasteiger partial charge is 0.464 e. The summed E-state index contributed by atoms with van der Waals surface area (Å²) in [6.45, 7) is 25.8. The molecule has 4 aromatic carbocycles. The van der Waals surface area contributed by atoms with Crippen LogP contribution in [0.1, 0.15) is 354 Å². The molecule has 20 atom stereocenters. The number of esters is 4. The number of carbonyl (C=O) groups is 4. The summed E-state index contributed by atoms with van der Waals surface area (Å²) in [7, 11) is 0. The number of morpholine rings is 2. The van der Waals surface area contributed by atoms with E-state index < -0.39 is 42.7 Å². The predicted molar refractivity (Wildman–Crippen MR) is 570 cm³/mol. The molecule has 0 bridgehead atoms. The Bertz CT molecular complexity index is 4240. The standard InChI is InChI=1S/C33H52ClNO5.C29H44ClNO5.C29H45ClO5.C25H37ClO5/c1-4-5-8-12-30(37)33(2,3)26-16-14-25(15-17-26)32-27(28(34)24-29(32)36)11-9-6-7-10-13-31(38)40-23-20-35-18-21-39-22-19-35;1-2-3-12-26(32)22-9-8-10-23(20-22)29-24(25(30)21-27(29)33)11-6-4-5-7-13-28(34)36-19-16-31-14-17-35-18-15-31;1-4-5-8-12-26(33)29(2,3)22-16-14-21(15-17-22)28-23(24(30)20-25(28)32)11-9-6-7-10-13-27(34)35-19-18-31;1-2-3-12-22(28)18-9-8-10-19(16-18)25-20(21(26)17-23(25)29)11-6-4-5-7-13-24(30)31-15-14-27/h6,9,14-17,27-30,32,36-37H,4-5,7-8,10-13,18-24H2,1-3H3;4,6,8-10,20,24-27,29,32-33H,2-3,5,7,11-19,21H2,1H3;6,9,14-17,23-26,28,31-33H,4-5,7-8,10-13,18-20H2,1-3H3;4,6,8-10,16,20-23,25,27-29H,2-3,5,7,11-15,17H2,1H3/b9-6-;6-4-;9-6-;6-4-/t27-,28+,29+,30?,32+;24-,25+,26?,27+,29+;23-,24+,25+,26?,28+;20-,21+,22?,23+,25+/m0000/s1. The number of unbranched alkanes of at least 4 members (excludes halogenated alkanes) is 10. The Morgan fingerprint density at radius 3 is 0.937 bits per heavy atom. The van der Waals surface area contributed by atoms with Gasteiger partial charge in [0.25, 0.3) is 0 Å². The minimum Gasteiger partial charge on any atom is -0.464 e. The number of alkyl halides is 4. The highest BCUT2D eigenvalue weighted by atomic mass is 35.5. The molecule has 0 radical (unpaired) electrons. The van der Waals surface area contributed by atoms with Gasteiger partial charge in [-0.15, -0.1) is 46.4 Å². The summed E-state index contributed by atoms with van der Waals surface area (Å²) >= 11 is 26.6. The van der Waals surface area contributed by atoms with Crippen LogP contribution in [-0.2, 0) is 58.4 Å². The van der Waals surface area contributed by atoms with Crippen LogP contribution < -0.4 is 0 Å². The molecule has 2 aliphatic heterocycles. The summed E-state index contributed by atoms with van der Waals surface area (Å²) in [5, 5.41) is 103. The topological polar surface area (TPSA) is 332 Å². The zero-order valence-corrected chi connectivity index (χ0v) is 89.7. The lowest BCUT2D eigenvalue weighted by Crippen LogP contribution is -2.38. The van der Waals surface area contributed by atoms with E-state index in [0.29, 0.717) is 77.4 Å². The Morgan fingerprint density at radius 2 is 0.655 bits per heavy atom. The zero-order chi connectivity index (χ0) is 103. The molecule has 2 heterocycles. The molecule has 10 rings (SSSR count). The van der Waals surface area contributed by atoms with E-state index in [9.17, 15) is 60.0 Å². The van der Waals surface area contributed by atoms with Gasteiger partial charge in [0.2, 0.25) is 0 Å². The third-order valence-corrected chi connectivity index (χ3v) is 31.7. The molecule has 0 aromatic heterocycles. The minimum atomic E-state index is -0.495. The van der Waals surface area contributed by atoms with Crippen molar-refractivity contribution in [3.8, 4) is 0 Å². The van der Waals surface area contributed by atoms with Gasteiger partial charge in [-0.2, -0.15) is 0 Å². The van der Waals surface area contributed by atoms with Gasteiger partial charge >= 0.3 is 23.9 Å². The third-order valence-electron chi connectivity index (χ3n) is 29.7. The number of nitrogens with zero attached hydrogens (tertiary/aromatic N) is 2. The van der Waals surface area contributed by atoms with Crippen LogP contribution in [0.3, 0.4) is 0 Å². The third kappa shape index (κ3) is 42.7.